The average Bonchev–Trinajstić information content (AvgIpc) is 2.84. The molecule has 4 aliphatic rings. The molecule has 3 unspecified atom stereocenters. The molecule has 1 aromatic carbocycles. The summed E-state index contributed by atoms with van der Waals surface area (Å²) in [5, 5.41) is 0. The van der Waals surface area contributed by atoms with Crippen LogP contribution >= 0.6 is 0 Å². The van der Waals surface area contributed by atoms with E-state index in [-0.39, 0.29) is 5.60 Å². The van der Waals surface area contributed by atoms with Gasteiger partial charge >= 0.3 is 0 Å². The van der Waals surface area contributed by atoms with E-state index in [1.807, 2.05) is 0 Å². The summed E-state index contributed by atoms with van der Waals surface area (Å²) >= 11 is 0. The van der Waals surface area contributed by atoms with Crippen LogP contribution < -0.4 is 0 Å². The second-order valence-corrected chi connectivity index (χ2v) is 8.13. The van der Waals surface area contributed by atoms with E-state index >= 15 is 0 Å². The van der Waals surface area contributed by atoms with Gasteiger partial charge in [0.2, 0.25) is 0 Å². The zero-order chi connectivity index (χ0) is 14.6. The Hall–Kier alpha value is -0.820. The van der Waals surface area contributed by atoms with E-state index in [4.69, 9.17) is 4.74 Å². The first-order valence-corrected chi connectivity index (χ1v) is 9.68. The molecule has 3 fully saturated rings. The minimum atomic E-state index is 0.115. The predicted octanol–water partition coefficient (Wildman–Crippen LogP) is 5.54. The molecule has 0 aromatic heterocycles. The third-order valence-corrected chi connectivity index (χ3v) is 7.20. The third-order valence-electron chi connectivity index (χ3n) is 7.20. The quantitative estimate of drug-likeness (QED) is 0.611. The summed E-state index contributed by atoms with van der Waals surface area (Å²) in [6.45, 7) is 0. The van der Waals surface area contributed by atoms with Gasteiger partial charge in [0.1, 0.15) is 5.60 Å². The minimum Gasteiger partial charge on any atom is -0.366 e. The van der Waals surface area contributed by atoms with Crippen LogP contribution in [0.2, 0.25) is 0 Å². The van der Waals surface area contributed by atoms with Gasteiger partial charge in [-0.05, 0) is 48.6 Å². The summed E-state index contributed by atoms with van der Waals surface area (Å²) in [4.78, 5) is 0. The van der Waals surface area contributed by atoms with Gasteiger partial charge in [-0.2, -0.15) is 0 Å². The molecule has 5 rings (SSSR count). The maximum Gasteiger partial charge on any atom is 0.102 e. The second kappa shape index (κ2) is 5.09. The Morgan fingerprint density at radius 3 is 2.45 bits per heavy atom. The molecule has 3 aliphatic carbocycles. The molecule has 22 heavy (non-hydrogen) atoms. The van der Waals surface area contributed by atoms with Crippen molar-refractivity contribution in [1.82, 2.24) is 0 Å². The van der Waals surface area contributed by atoms with Crippen LogP contribution in [-0.4, -0.2) is 6.10 Å². The SMILES string of the molecule is c1ccc2c(c1)[C@@H]1CCCC[C@@H]1C21OC2CCCCCCC21. The molecule has 0 N–H and O–H groups in total. The van der Waals surface area contributed by atoms with Crippen LogP contribution in [0.4, 0.5) is 0 Å². The Morgan fingerprint density at radius 2 is 1.50 bits per heavy atom. The van der Waals surface area contributed by atoms with Crippen molar-refractivity contribution in [2.45, 2.75) is 81.8 Å². The Balaban J connectivity index is 1.58. The van der Waals surface area contributed by atoms with Crippen LogP contribution in [-0.2, 0) is 10.3 Å². The van der Waals surface area contributed by atoms with Gasteiger partial charge in [-0.3, -0.25) is 0 Å². The second-order valence-electron chi connectivity index (χ2n) is 8.13. The van der Waals surface area contributed by atoms with Crippen molar-refractivity contribution < 1.29 is 4.74 Å². The number of benzene rings is 1. The van der Waals surface area contributed by atoms with Crippen LogP contribution in [0, 0.1) is 11.8 Å². The monoisotopic (exact) mass is 296 g/mol. The Bertz CT molecular complexity index is 565. The van der Waals surface area contributed by atoms with Gasteiger partial charge in [0, 0.05) is 5.92 Å². The predicted molar refractivity (Wildman–Crippen MR) is 88.9 cm³/mol. The van der Waals surface area contributed by atoms with E-state index in [1.54, 1.807) is 11.1 Å². The lowest BCUT2D eigenvalue weighted by molar-refractivity contribution is -0.300. The number of ether oxygens (including phenoxy) is 1. The summed E-state index contributed by atoms with van der Waals surface area (Å²) in [5.74, 6) is 2.37. The molecule has 0 radical (unpaired) electrons. The first-order valence-electron chi connectivity index (χ1n) is 9.68. The van der Waals surface area contributed by atoms with Crippen molar-refractivity contribution in [2.75, 3.05) is 0 Å². The number of hydrogen-bond donors (Lipinski definition) is 0. The highest BCUT2D eigenvalue weighted by atomic mass is 16.5. The molecular formula is C21H28O. The normalized spacial score (nSPS) is 43.5. The van der Waals surface area contributed by atoms with E-state index in [1.165, 1.54) is 64.2 Å². The van der Waals surface area contributed by atoms with Crippen molar-refractivity contribution in [2.24, 2.45) is 11.8 Å². The van der Waals surface area contributed by atoms with E-state index < -0.39 is 0 Å². The van der Waals surface area contributed by atoms with Gasteiger partial charge in [-0.1, -0.05) is 62.8 Å². The van der Waals surface area contributed by atoms with Gasteiger partial charge in [-0.25, -0.2) is 0 Å². The lowest BCUT2D eigenvalue weighted by atomic mass is 9.61. The fourth-order valence-electron chi connectivity index (χ4n) is 6.37. The van der Waals surface area contributed by atoms with Crippen LogP contribution in [0.5, 0.6) is 0 Å². The summed E-state index contributed by atoms with van der Waals surface area (Å²) < 4.78 is 6.82. The highest BCUT2D eigenvalue weighted by molar-refractivity contribution is 5.45. The first kappa shape index (κ1) is 13.6. The number of hydrogen-bond acceptors (Lipinski definition) is 1. The molecule has 5 atom stereocenters. The minimum absolute atomic E-state index is 0.115. The molecule has 0 bridgehead atoms. The number of rotatable bonds is 0. The Kier molecular flexibility index (Phi) is 3.15. The first-order chi connectivity index (χ1) is 10.9. The van der Waals surface area contributed by atoms with E-state index in [2.05, 4.69) is 24.3 Å². The lowest BCUT2D eigenvalue weighted by Gasteiger charge is -2.59. The summed E-state index contributed by atoms with van der Waals surface area (Å²) in [6, 6.07) is 9.31. The van der Waals surface area contributed by atoms with E-state index in [0.29, 0.717) is 6.10 Å². The largest absolute Gasteiger partial charge is 0.366 e. The standard InChI is InChI=1S/C21H28O/c1-2-4-14-20-19(13-3-1)21(22-20)17-11-7-5-9-15(17)16-10-6-8-12-18(16)21/h5,7,9,11,16,18-20H,1-4,6,8,10,12-14H2/t16-,18-,19?,20?,21?/m0/s1. The highest BCUT2D eigenvalue weighted by Gasteiger charge is 2.65. The molecule has 1 heteroatoms. The van der Waals surface area contributed by atoms with Crippen molar-refractivity contribution in [3.63, 3.8) is 0 Å². The van der Waals surface area contributed by atoms with Crippen LogP contribution in [0.25, 0.3) is 0 Å². The third kappa shape index (κ3) is 1.69. The molecular weight excluding hydrogens is 268 g/mol. The maximum absolute atomic E-state index is 6.82. The van der Waals surface area contributed by atoms with E-state index in [9.17, 15) is 0 Å². The van der Waals surface area contributed by atoms with Crippen molar-refractivity contribution in [3.8, 4) is 0 Å². The fourth-order valence-corrected chi connectivity index (χ4v) is 6.37. The van der Waals surface area contributed by atoms with Crippen LogP contribution in [0.1, 0.15) is 81.3 Å². The van der Waals surface area contributed by atoms with Crippen molar-refractivity contribution in [3.05, 3.63) is 35.4 Å². The van der Waals surface area contributed by atoms with Gasteiger partial charge in [0.25, 0.3) is 0 Å². The summed E-state index contributed by atoms with van der Waals surface area (Å²) in [6.07, 6.45) is 14.6. The molecule has 1 spiro atoms. The van der Waals surface area contributed by atoms with Crippen LogP contribution in [0.3, 0.4) is 0 Å². The average molecular weight is 296 g/mol. The van der Waals surface area contributed by atoms with Gasteiger partial charge < -0.3 is 4.74 Å². The Morgan fingerprint density at radius 1 is 0.773 bits per heavy atom. The molecule has 1 saturated heterocycles. The molecule has 118 valence electrons. The van der Waals surface area contributed by atoms with Gasteiger partial charge in [0.15, 0.2) is 0 Å². The fraction of sp³-hybridized carbons (Fsp3) is 0.714. The highest BCUT2D eigenvalue weighted by Crippen LogP contribution is 2.66. The number of fused-ring (bicyclic) bond motifs is 7. The zero-order valence-corrected chi connectivity index (χ0v) is 13.6. The smallest absolute Gasteiger partial charge is 0.102 e. The molecule has 0 amide bonds. The molecule has 1 aromatic rings. The molecule has 1 aliphatic heterocycles. The van der Waals surface area contributed by atoms with Gasteiger partial charge in [0.05, 0.1) is 6.10 Å². The van der Waals surface area contributed by atoms with E-state index in [0.717, 1.165) is 17.8 Å². The summed E-state index contributed by atoms with van der Waals surface area (Å²) in [5.41, 5.74) is 3.35. The molecule has 1 heterocycles. The maximum atomic E-state index is 6.82. The Labute approximate surface area is 134 Å². The van der Waals surface area contributed by atoms with Crippen molar-refractivity contribution in [1.29, 1.82) is 0 Å². The van der Waals surface area contributed by atoms with Crippen LogP contribution in [0.15, 0.2) is 24.3 Å². The topological polar surface area (TPSA) is 9.23 Å². The molecule has 1 nitrogen and oxygen atoms in total. The summed E-state index contributed by atoms with van der Waals surface area (Å²) in [7, 11) is 0. The van der Waals surface area contributed by atoms with Gasteiger partial charge in [-0.15, -0.1) is 0 Å². The van der Waals surface area contributed by atoms with Crippen molar-refractivity contribution >= 4 is 0 Å². The lowest BCUT2D eigenvalue weighted by Crippen LogP contribution is -2.60. The zero-order valence-electron chi connectivity index (χ0n) is 13.6. The molecule has 2 saturated carbocycles.